The van der Waals surface area contributed by atoms with Gasteiger partial charge < -0.3 is 4.90 Å². The van der Waals surface area contributed by atoms with Crippen LogP contribution in [-0.2, 0) is 5.41 Å². The van der Waals surface area contributed by atoms with Crippen molar-refractivity contribution in [1.82, 2.24) is 0 Å². The molecular weight excluding hydrogens is 398 g/mol. The Morgan fingerprint density at radius 2 is 1.32 bits per heavy atom. The van der Waals surface area contributed by atoms with Gasteiger partial charge in [-0.2, -0.15) is 0 Å². The summed E-state index contributed by atoms with van der Waals surface area (Å²) < 4.78 is 0. The summed E-state index contributed by atoms with van der Waals surface area (Å²) >= 11 is 1.59. The smallest absolute Gasteiger partial charge is 0.160 e. The summed E-state index contributed by atoms with van der Waals surface area (Å²) in [7, 11) is 0. The van der Waals surface area contributed by atoms with Crippen molar-refractivity contribution in [3.63, 3.8) is 0 Å². The summed E-state index contributed by atoms with van der Waals surface area (Å²) in [4.78, 5) is 15.6. The van der Waals surface area contributed by atoms with Crippen molar-refractivity contribution in [2.75, 3.05) is 4.90 Å². The second kappa shape index (κ2) is 8.52. The minimum absolute atomic E-state index is 0.127. The Morgan fingerprint density at radius 3 is 1.87 bits per heavy atom. The molecule has 1 heterocycles. The Labute approximate surface area is 188 Å². The lowest BCUT2D eigenvalue weighted by molar-refractivity contribution is 0.112. The van der Waals surface area contributed by atoms with Crippen LogP contribution in [0.1, 0.15) is 48.5 Å². The maximum absolute atomic E-state index is 11.3. The van der Waals surface area contributed by atoms with Crippen LogP contribution < -0.4 is 4.90 Å². The molecule has 0 unspecified atom stereocenters. The van der Waals surface area contributed by atoms with Gasteiger partial charge in [0.05, 0.1) is 4.88 Å². The summed E-state index contributed by atoms with van der Waals surface area (Å²) in [6, 6.07) is 29.7. The third-order valence-corrected chi connectivity index (χ3v) is 6.84. The number of para-hydroxylation sites is 2. The first kappa shape index (κ1) is 21.1. The van der Waals surface area contributed by atoms with Crippen LogP contribution in [0.3, 0.4) is 0 Å². The third kappa shape index (κ3) is 3.60. The number of fused-ring (bicyclic) bond motifs is 3. The van der Waals surface area contributed by atoms with Gasteiger partial charge in [-0.3, -0.25) is 4.79 Å². The molecule has 2 nitrogen and oxygen atoms in total. The van der Waals surface area contributed by atoms with E-state index < -0.39 is 0 Å². The zero-order valence-corrected chi connectivity index (χ0v) is 19.2. The Kier molecular flexibility index (Phi) is 5.79. The second-order valence-corrected chi connectivity index (χ2v) is 8.95. The molecule has 0 spiro atoms. The molecule has 0 radical (unpaired) electrons. The molecular formula is C28H27NOS. The van der Waals surface area contributed by atoms with Gasteiger partial charge in [0.2, 0.25) is 0 Å². The van der Waals surface area contributed by atoms with Gasteiger partial charge in [-0.25, -0.2) is 0 Å². The summed E-state index contributed by atoms with van der Waals surface area (Å²) in [6.45, 7) is 8.50. The number of aldehydes is 1. The van der Waals surface area contributed by atoms with E-state index in [1.54, 1.807) is 11.3 Å². The SMILES string of the molecule is CC.CC1(C)c2cc(N(c3ccccc3)c3ccccc3)ccc2-c2sc(C=O)cc21. The van der Waals surface area contributed by atoms with Gasteiger partial charge in [-0.1, -0.05) is 70.2 Å². The Hall–Kier alpha value is -3.17. The van der Waals surface area contributed by atoms with Crippen molar-refractivity contribution in [2.45, 2.75) is 33.1 Å². The van der Waals surface area contributed by atoms with Crippen LogP contribution in [-0.4, -0.2) is 6.29 Å². The molecule has 0 atom stereocenters. The predicted octanol–water partition coefficient (Wildman–Crippen LogP) is 8.36. The molecule has 1 aliphatic carbocycles. The fourth-order valence-corrected chi connectivity index (χ4v) is 5.44. The summed E-state index contributed by atoms with van der Waals surface area (Å²) in [5.41, 5.74) is 7.08. The number of rotatable bonds is 4. The van der Waals surface area contributed by atoms with Gasteiger partial charge in [0.1, 0.15) is 0 Å². The van der Waals surface area contributed by atoms with E-state index >= 15 is 0 Å². The molecule has 0 N–H and O–H groups in total. The van der Waals surface area contributed by atoms with Gasteiger partial charge in [-0.05, 0) is 59.2 Å². The van der Waals surface area contributed by atoms with Crippen molar-refractivity contribution >= 4 is 34.7 Å². The molecule has 1 aliphatic rings. The maximum Gasteiger partial charge on any atom is 0.160 e. The number of hydrogen-bond donors (Lipinski definition) is 0. The molecule has 156 valence electrons. The molecule has 1 aromatic heterocycles. The summed E-state index contributed by atoms with van der Waals surface area (Å²) in [5.74, 6) is 0. The van der Waals surface area contributed by atoms with Gasteiger partial charge >= 0.3 is 0 Å². The topological polar surface area (TPSA) is 20.3 Å². The number of benzene rings is 3. The average molecular weight is 426 g/mol. The highest BCUT2D eigenvalue weighted by Crippen LogP contribution is 2.53. The molecule has 31 heavy (non-hydrogen) atoms. The number of thiophene rings is 1. The Bertz CT molecular complexity index is 1150. The molecule has 0 saturated carbocycles. The van der Waals surface area contributed by atoms with Crippen molar-refractivity contribution < 1.29 is 4.79 Å². The van der Waals surface area contributed by atoms with E-state index in [9.17, 15) is 4.79 Å². The predicted molar refractivity (Wildman–Crippen MR) is 133 cm³/mol. The van der Waals surface area contributed by atoms with E-state index in [2.05, 4.69) is 91.5 Å². The molecule has 0 bridgehead atoms. The van der Waals surface area contributed by atoms with Crippen molar-refractivity contribution in [2.24, 2.45) is 0 Å². The van der Waals surface area contributed by atoms with E-state index in [1.807, 2.05) is 26.0 Å². The van der Waals surface area contributed by atoms with Gasteiger partial charge in [-0.15, -0.1) is 11.3 Å². The Morgan fingerprint density at radius 1 is 0.742 bits per heavy atom. The first-order chi connectivity index (χ1) is 15.1. The van der Waals surface area contributed by atoms with Crippen LogP contribution in [0.15, 0.2) is 84.9 Å². The highest BCUT2D eigenvalue weighted by atomic mass is 32.1. The molecule has 0 aliphatic heterocycles. The van der Waals surface area contributed by atoms with Crippen LogP contribution in [0, 0.1) is 0 Å². The van der Waals surface area contributed by atoms with Crippen LogP contribution in [0.4, 0.5) is 17.1 Å². The number of hydrogen-bond acceptors (Lipinski definition) is 3. The minimum atomic E-state index is -0.127. The standard InChI is InChI=1S/C26H21NOS.C2H6/c1-26(2)23-15-20(13-14-22(23)25-24(26)16-21(17-28)29-25)27(18-9-5-3-6-10-18)19-11-7-4-8-12-19;1-2/h3-17H,1-2H3;1-2H3. The summed E-state index contributed by atoms with van der Waals surface area (Å²) in [5, 5.41) is 0. The number of anilines is 3. The molecule has 5 rings (SSSR count). The first-order valence-electron chi connectivity index (χ1n) is 10.7. The lowest BCUT2D eigenvalue weighted by Gasteiger charge is -2.28. The molecule has 3 heteroatoms. The van der Waals surface area contributed by atoms with Gasteiger partial charge in [0.25, 0.3) is 0 Å². The molecule has 3 aromatic carbocycles. The third-order valence-electron chi connectivity index (χ3n) is 5.75. The fraction of sp³-hybridized carbons (Fsp3) is 0.179. The molecule has 0 fully saturated rings. The van der Waals surface area contributed by atoms with Crippen LogP contribution >= 0.6 is 11.3 Å². The van der Waals surface area contributed by atoms with Crippen LogP contribution in [0.2, 0.25) is 0 Å². The average Bonchev–Trinajstić information content (AvgIpc) is 3.35. The van der Waals surface area contributed by atoms with Gasteiger partial charge in [0.15, 0.2) is 6.29 Å². The first-order valence-corrected chi connectivity index (χ1v) is 11.6. The minimum Gasteiger partial charge on any atom is -0.310 e. The number of nitrogens with zero attached hydrogens (tertiary/aromatic N) is 1. The lowest BCUT2D eigenvalue weighted by atomic mass is 9.82. The quantitative estimate of drug-likeness (QED) is 0.306. The van der Waals surface area contributed by atoms with Gasteiger partial charge in [0, 0.05) is 27.4 Å². The van der Waals surface area contributed by atoms with E-state index in [0.717, 1.165) is 28.2 Å². The largest absolute Gasteiger partial charge is 0.310 e. The highest BCUT2D eigenvalue weighted by molar-refractivity contribution is 7.17. The van der Waals surface area contributed by atoms with E-state index in [4.69, 9.17) is 0 Å². The van der Waals surface area contributed by atoms with Crippen LogP contribution in [0.5, 0.6) is 0 Å². The summed E-state index contributed by atoms with van der Waals surface area (Å²) in [6.07, 6.45) is 0.958. The van der Waals surface area contributed by atoms with E-state index in [1.165, 1.54) is 21.6 Å². The monoisotopic (exact) mass is 425 g/mol. The zero-order valence-electron chi connectivity index (χ0n) is 18.4. The molecule has 0 amide bonds. The van der Waals surface area contributed by atoms with Crippen molar-refractivity contribution in [3.8, 4) is 10.4 Å². The van der Waals surface area contributed by atoms with Crippen LogP contribution in [0.25, 0.3) is 10.4 Å². The fourth-order valence-electron chi connectivity index (χ4n) is 4.27. The normalized spacial score (nSPS) is 12.9. The number of carbonyl (C=O) groups is 1. The van der Waals surface area contributed by atoms with Crippen molar-refractivity contribution in [1.29, 1.82) is 0 Å². The van der Waals surface area contributed by atoms with E-state index in [0.29, 0.717) is 0 Å². The molecule has 4 aromatic rings. The second-order valence-electron chi connectivity index (χ2n) is 7.87. The lowest BCUT2D eigenvalue weighted by Crippen LogP contribution is -2.16. The highest BCUT2D eigenvalue weighted by Gasteiger charge is 2.37. The Balaban J connectivity index is 0.00000112. The molecule has 0 saturated heterocycles. The van der Waals surface area contributed by atoms with Crippen molar-refractivity contribution in [3.05, 3.63) is 101 Å². The maximum atomic E-state index is 11.3. The zero-order chi connectivity index (χ0) is 22.0. The van der Waals surface area contributed by atoms with E-state index in [-0.39, 0.29) is 5.41 Å². The number of carbonyl (C=O) groups excluding carboxylic acids is 1.